The maximum atomic E-state index is 13.2. The molecule has 0 spiro atoms. The highest BCUT2D eigenvalue weighted by Gasteiger charge is 2.08. The van der Waals surface area contributed by atoms with Crippen molar-refractivity contribution < 1.29 is 9.50 Å². The van der Waals surface area contributed by atoms with Crippen LogP contribution in [0.15, 0.2) is 24.4 Å². The zero-order valence-electron chi connectivity index (χ0n) is 9.26. The van der Waals surface area contributed by atoms with Gasteiger partial charge < -0.3 is 10.8 Å². The molecule has 3 N–H and O–H groups in total. The summed E-state index contributed by atoms with van der Waals surface area (Å²) in [6.07, 6.45) is 1.31. The Morgan fingerprint density at radius 1 is 1.44 bits per heavy atom. The van der Waals surface area contributed by atoms with E-state index in [9.17, 15) is 4.39 Å². The lowest BCUT2D eigenvalue weighted by Gasteiger charge is -2.05. The third kappa shape index (κ3) is 2.12. The Kier molecular flexibility index (Phi) is 3.17. The van der Waals surface area contributed by atoms with Gasteiger partial charge in [0, 0.05) is 11.1 Å². The summed E-state index contributed by atoms with van der Waals surface area (Å²) in [5.74, 6) is -0.151. The smallest absolute Gasteiger partial charge is 0.161 e. The molecule has 0 aliphatic carbocycles. The van der Waals surface area contributed by atoms with Crippen molar-refractivity contribution >= 4 is 5.82 Å². The van der Waals surface area contributed by atoms with Crippen LogP contribution in [-0.4, -0.2) is 15.1 Å². The lowest BCUT2D eigenvalue weighted by atomic mass is 10.1. The Hall–Kier alpha value is -2.52. The first-order valence-corrected chi connectivity index (χ1v) is 5.08. The molecule has 6 heteroatoms. The SMILES string of the molecule is N#Cc1cnc(-c2ccc(F)c(CO)c2)nc1N. The summed E-state index contributed by atoms with van der Waals surface area (Å²) in [5.41, 5.74) is 6.43. The van der Waals surface area contributed by atoms with Crippen molar-refractivity contribution in [2.24, 2.45) is 0 Å². The molecule has 18 heavy (non-hydrogen) atoms. The van der Waals surface area contributed by atoms with Crippen LogP contribution >= 0.6 is 0 Å². The maximum absolute atomic E-state index is 13.2. The lowest BCUT2D eigenvalue weighted by molar-refractivity contribution is 0.276. The molecule has 2 rings (SSSR count). The summed E-state index contributed by atoms with van der Waals surface area (Å²) in [4.78, 5) is 7.93. The van der Waals surface area contributed by atoms with E-state index in [0.717, 1.165) is 0 Å². The number of aromatic nitrogens is 2. The van der Waals surface area contributed by atoms with E-state index in [-0.39, 0.29) is 22.8 Å². The van der Waals surface area contributed by atoms with Crippen molar-refractivity contribution in [1.82, 2.24) is 9.97 Å². The van der Waals surface area contributed by atoms with Crippen LogP contribution in [0, 0.1) is 17.1 Å². The molecule has 5 nitrogen and oxygen atoms in total. The van der Waals surface area contributed by atoms with Gasteiger partial charge >= 0.3 is 0 Å². The fourth-order valence-corrected chi connectivity index (χ4v) is 1.46. The van der Waals surface area contributed by atoms with Gasteiger partial charge in [0.1, 0.15) is 23.3 Å². The normalized spacial score (nSPS) is 10.1. The van der Waals surface area contributed by atoms with Gasteiger partial charge in [-0.2, -0.15) is 5.26 Å². The highest BCUT2D eigenvalue weighted by Crippen LogP contribution is 2.20. The number of aliphatic hydroxyl groups excluding tert-OH is 1. The van der Waals surface area contributed by atoms with E-state index >= 15 is 0 Å². The highest BCUT2D eigenvalue weighted by molar-refractivity contribution is 5.60. The summed E-state index contributed by atoms with van der Waals surface area (Å²) in [5, 5.41) is 17.7. The largest absolute Gasteiger partial charge is 0.392 e. The second-order valence-electron chi connectivity index (χ2n) is 3.57. The molecule has 0 atom stereocenters. The van der Waals surface area contributed by atoms with E-state index in [1.54, 1.807) is 0 Å². The minimum atomic E-state index is -0.497. The summed E-state index contributed by atoms with van der Waals surface area (Å²) >= 11 is 0. The van der Waals surface area contributed by atoms with Crippen molar-refractivity contribution in [2.75, 3.05) is 5.73 Å². The van der Waals surface area contributed by atoms with Crippen LogP contribution in [0.5, 0.6) is 0 Å². The minimum Gasteiger partial charge on any atom is -0.392 e. The number of aliphatic hydroxyl groups is 1. The standard InChI is InChI=1S/C12H9FN4O/c13-10-2-1-7(3-8(10)6-18)12-16-5-9(4-14)11(15)17-12/h1-3,5,18H,6H2,(H2,15,16,17). The summed E-state index contributed by atoms with van der Waals surface area (Å²) < 4.78 is 13.2. The second-order valence-corrected chi connectivity index (χ2v) is 3.57. The molecule has 2 aromatic rings. The fourth-order valence-electron chi connectivity index (χ4n) is 1.46. The highest BCUT2D eigenvalue weighted by atomic mass is 19.1. The number of nitrogens with two attached hydrogens (primary N) is 1. The summed E-state index contributed by atoms with van der Waals surface area (Å²) in [7, 11) is 0. The Bertz CT molecular complexity index is 627. The van der Waals surface area contributed by atoms with Gasteiger partial charge in [0.2, 0.25) is 0 Å². The summed E-state index contributed by atoms with van der Waals surface area (Å²) in [6, 6.07) is 6.00. The Balaban J connectivity index is 2.49. The quantitative estimate of drug-likeness (QED) is 0.828. The van der Waals surface area contributed by atoms with Crippen molar-refractivity contribution in [2.45, 2.75) is 6.61 Å². The van der Waals surface area contributed by atoms with Crippen molar-refractivity contribution in [3.05, 3.63) is 41.3 Å². The number of anilines is 1. The van der Waals surface area contributed by atoms with Crippen LogP contribution in [0.25, 0.3) is 11.4 Å². The molecule has 0 aliphatic rings. The molecule has 1 aromatic heterocycles. The van der Waals surface area contributed by atoms with Crippen LogP contribution in [0.4, 0.5) is 10.2 Å². The Labute approximate surface area is 102 Å². The second kappa shape index (κ2) is 4.77. The molecule has 0 unspecified atom stereocenters. The molecule has 0 amide bonds. The lowest BCUT2D eigenvalue weighted by Crippen LogP contribution is -2.00. The van der Waals surface area contributed by atoms with Gasteiger partial charge in [0.05, 0.1) is 12.8 Å². The monoisotopic (exact) mass is 244 g/mol. The van der Waals surface area contributed by atoms with Crippen molar-refractivity contribution in [3.8, 4) is 17.5 Å². The number of rotatable bonds is 2. The third-order valence-corrected chi connectivity index (χ3v) is 2.41. The molecule has 1 aromatic carbocycles. The molecular formula is C12H9FN4O. The average Bonchev–Trinajstić information content (AvgIpc) is 2.39. The van der Waals surface area contributed by atoms with E-state index in [1.165, 1.54) is 24.4 Å². The number of hydrogen-bond donors (Lipinski definition) is 2. The zero-order valence-corrected chi connectivity index (χ0v) is 9.26. The molecule has 1 heterocycles. The van der Waals surface area contributed by atoms with Crippen LogP contribution < -0.4 is 5.73 Å². The number of benzene rings is 1. The van der Waals surface area contributed by atoms with Crippen LogP contribution in [0.2, 0.25) is 0 Å². The first-order valence-electron chi connectivity index (χ1n) is 5.08. The number of nitriles is 1. The van der Waals surface area contributed by atoms with Crippen LogP contribution in [-0.2, 0) is 6.61 Å². The first-order chi connectivity index (χ1) is 8.65. The van der Waals surface area contributed by atoms with Gasteiger partial charge in [0.15, 0.2) is 5.82 Å². The van der Waals surface area contributed by atoms with Gasteiger partial charge in [-0.15, -0.1) is 0 Å². The summed E-state index contributed by atoms with van der Waals surface area (Å²) in [6.45, 7) is -0.411. The predicted molar refractivity (Wildman–Crippen MR) is 62.5 cm³/mol. The van der Waals surface area contributed by atoms with Crippen LogP contribution in [0.1, 0.15) is 11.1 Å². The van der Waals surface area contributed by atoms with Crippen molar-refractivity contribution in [1.29, 1.82) is 5.26 Å². The van der Waals surface area contributed by atoms with E-state index in [4.69, 9.17) is 16.1 Å². The number of nitrogen functional groups attached to an aromatic ring is 1. The molecule has 0 aliphatic heterocycles. The third-order valence-electron chi connectivity index (χ3n) is 2.41. The number of halogens is 1. The molecule has 0 saturated carbocycles. The zero-order chi connectivity index (χ0) is 13.1. The molecule has 0 bridgehead atoms. The van der Waals surface area contributed by atoms with Gasteiger partial charge in [-0.1, -0.05) is 0 Å². The first kappa shape index (κ1) is 12.0. The number of hydrogen-bond acceptors (Lipinski definition) is 5. The maximum Gasteiger partial charge on any atom is 0.161 e. The molecule has 90 valence electrons. The topological polar surface area (TPSA) is 95.8 Å². The van der Waals surface area contributed by atoms with Crippen LogP contribution in [0.3, 0.4) is 0 Å². The van der Waals surface area contributed by atoms with Gasteiger partial charge in [-0.3, -0.25) is 0 Å². The van der Waals surface area contributed by atoms with Gasteiger partial charge in [-0.25, -0.2) is 14.4 Å². The van der Waals surface area contributed by atoms with Gasteiger partial charge in [0.25, 0.3) is 0 Å². The van der Waals surface area contributed by atoms with Crippen molar-refractivity contribution in [3.63, 3.8) is 0 Å². The van der Waals surface area contributed by atoms with E-state index in [0.29, 0.717) is 5.56 Å². The fraction of sp³-hybridized carbons (Fsp3) is 0.0833. The van der Waals surface area contributed by atoms with E-state index in [1.807, 2.05) is 6.07 Å². The molecular weight excluding hydrogens is 235 g/mol. The molecule has 0 saturated heterocycles. The molecule has 0 radical (unpaired) electrons. The number of nitrogens with zero attached hydrogens (tertiary/aromatic N) is 3. The average molecular weight is 244 g/mol. The van der Waals surface area contributed by atoms with E-state index < -0.39 is 12.4 Å². The minimum absolute atomic E-state index is 0.0670. The van der Waals surface area contributed by atoms with Gasteiger partial charge in [-0.05, 0) is 18.2 Å². The predicted octanol–water partition coefficient (Wildman–Crippen LogP) is 1.23. The van der Waals surface area contributed by atoms with E-state index in [2.05, 4.69) is 9.97 Å². The Morgan fingerprint density at radius 2 is 2.22 bits per heavy atom. The molecule has 0 fully saturated rings. The Morgan fingerprint density at radius 3 is 2.83 bits per heavy atom.